The van der Waals surface area contributed by atoms with Crippen LogP contribution >= 0.6 is 0 Å². The Hall–Kier alpha value is -2.59. The number of unbranched alkanes of at least 4 members (excludes halogenated alkanes) is 1. The number of likely N-dealkylation sites (N-methyl/N-ethyl adjacent to an activating group) is 1. The molecule has 0 saturated heterocycles. The second kappa shape index (κ2) is 10.1. The fraction of sp³-hybridized carbons (Fsp3) is 0.625. The highest BCUT2D eigenvalue weighted by atomic mass is 16.5. The first kappa shape index (κ1) is 23.1. The van der Waals surface area contributed by atoms with Crippen LogP contribution in [0.1, 0.15) is 62.4 Å². The lowest BCUT2D eigenvalue weighted by atomic mass is 9.99. The molecule has 3 atom stereocenters. The summed E-state index contributed by atoms with van der Waals surface area (Å²) in [5.41, 5.74) is 1.00. The molecule has 31 heavy (non-hydrogen) atoms. The van der Waals surface area contributed by atoms with E-state index in [-0.39, 0.29) is 48.3 Å². The second-order valence-corrected chi connectivity index (χ2v) is 8.74. The fourth-order valence-electron chi connectivity index (χ4n) is 3.68. The molecule has 1 aliphatic carbocycles. The molecule has 1 aromatic rings. The van der Waals surface area contributed by atoms with Crippen molar-refractivity contribution in [1.82, 2.24) is 14.8 Å². The highest BCUT2D eigenvalue weighted by Crippen LogP contribution is 2.32. The lowest BCUT2D eigenvalue weighted by Gasteiger charge is -2.37. The zero-order valence-corrected chi connectivity index (χ0v) is 18.9. The van der Waals surface area contributed by atoms with Gasteiger partial charge in [0.05, 0.1) is 19.2 Å². The highest BCUT2D eigenvalue weighted by Gasteiger charge is 2.37. The molecule has 2 amide bonds. The van der Waals surface area contributed by atoms with Crippen molar-refractivity contribution in [2.45, 2.75) is 58.6 Å². The van der Waals surface area contributed by atoms with Crippen LogP contribution in [0, 0.1) is 23.7 Å². The Kier molecular flexibility index (Phi) is 7.55. The predicted octanol–water partition coefficient (Wildman–Crippen LogP) is 2.32. The minimum Gasteiger partial charge on any atom is -0.472 e. The molecule has 3 rings (SSSR count). The molecule has 0 spiro atoms. The first-order valence-corrected chi connectivity index (χ1v) is 11.2. The quantitative estimate of drug-likeness (QED) is 0.705. The number of nitrogens with zero attached hydrogens (tertiary/aromatic N) is 3. The number of carbonyl (C=O) groups is 2. The summed E-state index contributed by atoms with van der Waals surface area (Å²) < 4.78 is 6.22. The van der Waals surface area contributed by atoms with Crippen LogP contribution in [0.3, 0.4) is 0 Å². The summed E-state index contributed by atoms with van der Waals surface area (Å²) in [5.74, 6) is 6.39. The topological polar surface area (TPSA) is 83.0 Å². The van der Waals surface area contributed by atoms with E-state index in [0.717, 1.165) is 25.7 Å². The third-order valence-electron chi connectivity index (χ3n) is 5.89. The summed E-state index contributed by atoms with van der Waals surface area (Å²) in [6, 6.07) is 1.37. The molecule has 1 aromatic heterocycles. The summed E-state index contributed by atoms with van der Waals surface area (Å²) >= 11 is 0. The maximum atomic E-state index is 13.3. The Morgan fingerprint density at radius 3 is 2.84 bits per heavy atom. The second-order valence-electron chi connectivity index (χ2n) is 8.74. The van der Waals surface area contributed by atoms with Crippen molar-refractivity contribution >= 4 is 11.8 Å². The molecule has 0 radical (unpaired) electrons. The highest BCUT2D eigenvalue weighted by molar-refractivity contribution is 5.97. The molecule has 1 fully saturated rings. The summed E-state index contributed by atoms with van der Waals surface area (Å²) in [6.07, 6.45) is 4.94. The van der Waals surface area contributed by atoms with Gasteiger partial charge in [0.1, 0.15) is 11.7 Å². The SMILES string of the molecule is CCCC#Cc1cnc2c(c1)C(=O)N([C@H](C)CO)C[C@@H](C)[C@@H](CN(C)C(=O)C1CC1)O2. The third kappa shape index (κ3) is 5.56. The van der Waals surface area contributed by atoms with Gasteiger partial charge in [-0.05, 0) is 32.3 Å². The van der Waals surface area contributed by atoms with E-state index in [4.69, 9.17) is 4.74 Å². The van der Waals surface area contributed by atoms with Crippen LogP contribution in [-0.2, 0) is 4.79 Å². The van der Waals surface area contributed by atoms with Crippen molar-refractivity contribution in [3.63, 3.8) is 0 Å². The van der Waals surface area contributed by atoms with Gasteiger partial charge in [0.25, 0.3) is 5.91 Å². The van der Waals surface area contributed by atoms with Crippen LogP contribution in [0.5, 0.6) is 5.88 Å². The molecule has 0 aromatic carbocycles. The van der Waals surface area contributed by atoms with Crippen LogP contribution in [-0.4, -0.2) is 70.6 Å². The van der Waals surface area contributed by atoms with Crippen molar-refractivity contribution in [3.05, 3.63) is 23.4 Å². The van der Waals surface area contributed by atoms with Crippen molar-refractivity contribution < 1.29 is 19.4 Å². The van der Waals surface area contributed by atoms with E-state index >= 15 is 0 Å². The van der Waals surface area contributed by atoms with Gasteiger partial charge >= 0.3 is 0 Å². The maximum Gasteiger partial charge on any atom is 0.259 e. The van der Waals surface area contributed by atoms with E-state index in [2.05, 4.69) is 23.7 Å². The van der Waals surface area contributed by atoms with Gasteiger partial charge in [-0.15, -0.1) is 0 Å². The largest absolute Gasteiger partial charge is 0.472 e. The number of aliphatic hydroxyl groups is 1. The number of amides is 2. The van der Waals surface area contributed by atoms with Crippen molar-refractivity contribution in [2.75, 3.05) is 26.7 Å². The molecule has 7 nitrogen and oxygen atoms in total. The van der Waals surface area contributed by atoms with E-state index in [1.807, 2.05) is 13.8 Å². The number of carbonyl (C=O) groups excluding carboxylic acids is 2. The summed E-state index contributed by atoms with van der Waals surface area (Å²) in [7, 11) is 1.80. The first-order chi connectivity index (χ1) is 14.8. The molecule has 7 heteroatoms. The van der Waals surface area contributed by atoms with E-state index in [1.165, 1.54) is 0 Å². The average Bonchev–Trinajstić information content (AvgIpc) is 3.61. The van der Waals surface area contributed by atoms with Crippen LogP contribution in [0.2, 0.25) is 0 Å². The number of pyridine rings is 1. The third-order valence-corrected chi connectivity index (χ3v) is 5.89. The molecule has 0 unspecified atom stereocenters. The number of aliphatic hydroxyl groups excluding tert-OH is 1. The average molecular weight is 428 g/mol. The smallest absolute Gasteiger partial charge is 0.259 e. The molecule has 1 N–H and O–H groups in total. The number of rotatable bonds is 6. The van der Waals surface area contributed by atoms with Gasteiger partial charge in [0, 0.05) is 43.6 Å². The molecule has 2 aliphatic rings. The van der Waals surface area contributed by atoms with E-state index in [0.29, 0.717) is 24.2 Å². The molecular weight excluding hydrogens is 394 g/mol. The Labute approximate surface area is 184 Å². The Bertz CT molecular complexity index is 871. The van der Waals surface area contributed by atoms with Gasteiger partial charge in [-0.25, -0.2) is 4.98 Å². The molecule has 2 heterocycles. The van der Waals surface area contributed by atoms with E-state index in [9.17, 15) is 14.7 Å². The summed E-state index contributed by atoms with van der Waals surface area (Å²) in [5, 5.41) is 9.74. The number of hydrogen-bond acceptors (Lipinski definition) is 5. The molecule has 168 valence electrons. The number of fused-ring (bicyclic) bond motifs is 1. The Morgan fingerprint density at radius 1 is 1.45 bits per heavy atom. The Balaban J connectivity index is 1.93. The molecular formula is C24H33N3O4. The van der Waals surface area contributed by atoms with Gasteiger partial charge in [-0.1, -0.05) is 25.7 Å². The zero-order chi connectivity index (χ0) is 22.5. The minimum atomic E-state index is -0.345. The summed E-state index contributed by atoms with van der Waals surface area (Å²) in [4.78, 5) is 33.6. The number of aromatic nitrogens is 1. The lowest BCUT2D eigenvalue weighted by molar-refractivity contribution is -0.132. The standard InChI is InChI=1S/C24H33N3O4/c1-5-6-7-8-18-11-20-22(25-12-18)31-21(14-26(4)23(29)19-9-10-19)16(2)13-27(24(20)30)17(3)15-28/h11-12,16-17,19,21,28H,5-6,9-10,13-15H2,1-4H3/t16-,17-,21-/m1/s1. The number of ether oxygens (including phenoxy) is 1. The molecule has 1 aliphatic heterocycles. The summed E-state index contributed by atoms with van der Waals surface area (Å²) in [6.45, 7) is 6.59. The van der Waals surface area contributed by atoms with Crippen LogP contribution < -0.4 is 4.74 Å². The van der Waals surface area contributed by atoms with Gasteiger partial charge < -0.3 is 19.6 Å². The van der Waals surface area contributed by atoms with Gasteiger partial charge in [-0.2, -0.15) is 0 Å². The lowest BCUT2D eigenvalue weighted by Crippen LogP contribution is -2.50. The minimum absolute atomic E-state index is 0.0497. The molecule has 1 saturated carbocycles. The zero-order valence-electron chi connectivity index (χ0n) is 18.9. The van der Waals surface area contributed by atoms with Crippen LogP contribution in [0.25, 0.3) is 0 Å². The van der Waals surface area contributed by atoms with Gasteiger partial charge in [0.15, 0.2) is 0 Å². The first-order valence-electron chi connectivity index (χ1n) is 11.2. The molecule has 0 bridgehead atoms. The van der Waals surface area contributed by atoms with Gasteiger partial charge in [-0.3, -0.25) is 9.59 Å². The van der Waals surface area contributed by atoms with E-state index < -0.39 is 0 Å². The van der Waals surface area contributed by atoms with Crippen LogP contribution in [0.4, 0.5) is 0 Å². The normalized spacial score (nSPS) is 21.7. The predicted molar refractivity (Wildman–Crippen MR) is 118 cm³/mol. The number of hydrogen-bond donors (Lipinski definition) is 1. The van der Waals surface area contributed by atoms with Crippen LogP contribution in [0.15, 0.2) is 12.3 Å². The van der Waals surface area contributed by atoms with Crippen molar-refractivity contribution in [2.24, 2.45) is 11.8 Å². The van der Waals surface area contributed by atoms with E-state index in [1.54, 1.807) is 29.1 Å². The monoisotopic (exact) mass is 427 g/mol. The Morgan fingerprint density at radius 2 is 2.19 bits per heavy atom. The van der Waals surface area contributed by atoms with Crippen molar-refractivity contribution in [3.8, 4) is 17.7 Å². The van der Waals surface area contributed by atoms with Crippen molar-refractivity contribution in [1.29, 1.82) is 0 Å². The van der Waals surface area contributed by atoms with Gasteiger partial charge in [0.2, 0.25) is 11.8 Å². The maximum absolute atomic E-state index is 13.3. The fourth-order valence-corrected chi connectivity index (χ4v) is 3.68.